The number of anilines is 1. The van der Waals surface area contributed by atoms with Crippen LogP contribution in [-0.4, -0.2) is 69.3 Å². The highest BCUT2D eigenvalue weighted by Gasteiger charge is 2.21. The molecule has 8 heteroatoms. The molecule has 1 fully saturated rings. The number of guanidine groups is 1. The minimum absolute atomic E-state index is 0.000191. The van der Waals surface area contributed by atoms with Gasteiger partial charge >= 0.3 is 0 Å². The lowest BCUT2D eigenvalue weighted by atomic mass is 10.3. The van der Waals surface area contributed by atoms with Crippen LogP contribution in [0.2, 0.25) is 0 Å². The summed E-state index contributed by atoms with van der Waals surface area (Å²) in [6.07, 6.45) is 1.81. The van der Waals surface area contributed by atoms with Crippen molar-refractivity contribution >= 4 is 21.6 Å². The molecule has 2 aromatic rings. The van der Waals surface area contributed by atoms with Gasteiger partial charge in [-0.05, 0) is 31.2 Å². The third-order valence-corrected chi connectivity index (χ3v) is 6.32. The molecule has 0 saturated carbocycles. The first-order valence-electron chi connectivity index (χ1n) is 9.57. The van der Waals surface area contributed by atoms with Crippen molar-refractivity contribution < 1.29 is 8.42 Å². The number of hydrogen-bond donors (Lipinski definition) is 1. The molecular formula is C20H27N5O2S. The van der Waals surface area contributed by atoms with Crippen LogP contribution in [-0.2, 0) is 9.84 Å². The predicted octanol–water partition coefficient (Wildman–Crippen LogP) is 1.64. The van der Waals surface area contributed by atoms with E-state index in [1.165, 1.54) is 0 Å². The lowest BCUT2D eigenvalue weighted by molar-refractivity contribution is 0.372. The fourth-order valence-corrected chi connectivity index (χ4v) is 4.27. The standard InChI is InChI=1S/C20H27N5O2S/c1-2-21-20(23-12-17-28(26,27)18-8-4-3-5-9-18)25-15-13-24(14-16-25)19-10-6-7-11-22-19/h3-11H,2,12-17H2,1H3,(H,21,23). The van der Waals surface area contributed by atoms with Crippen LogP contribution in [0, 0.1) is 0 Å². The molecule has 1 N–H and O–H groups in total. The van der Waals surface area contributed by atoms with Gasteiger partial charge < -0.3 is 15.1 Å². The average molecular weight is 402 g/mol. The minimum atomic E-state index is -3.32. The summed E-state index contributed by atoms with van der Waals surface area (Å²) >= 11 is 0. The molecule has 0 aliphatic carbocycles. The molecule has 0 spiro atoms. The van der Waals surface area contributed by atoms with Gasteiger partial charge in [0.15, 0.2) is 15.8 Å². The third-order valence-electron chi connectivity index (χ3n) is 4.61. The topological polar surface area (TPSA) is 77.9 Å². The Hall–Kier alpha value is -2.61. The highest BCUT2D eigenvalue weighted by atomic mass is 32.2. The van der Waals surface area contributed by atoms with Gasteiger partial charge in [-0.3, -0.25) is 4.99 Å². The summed E-state index contributed by atoms with van der Waals surface area (Å²) < 4.78 is 24.9. The Balaban J connectivity index is 1.59. The normalized spacial score (nSPS) is 15.5. The quantitative estimate of drug-likeness (QED) is 0.586. The second kappa shape index (κ2) is 9.54. The molecule has 7 nitrogen and oxygen atoms in total. The van der Waals surface area contributed by atoms with E-state index >= 15 is 0 Å². The summed E-state index contributed by atoms with van der Waals surface area (Å²) in [5, 5.41) is 3.28. The van der Waals surface area contributed by atoms with Crippen molar-refractivity contribution in [2.45, 2.75) is 11.8 Å². The monoisotopic (exact) mass is 401 g/mol. The number of benzene rings is 1. The smallest absolute Gasteiger partial charge is 0.194 e. The Bertz CT molecular complexity index is 864. The molecule has 0 amide bonds. The van der Waals surface area contributed by atoms with Gasteiger partial charge in [-0.1, -0.05) is 24.3 Å². The van der Waals surface area contributed by atoms with Crippen molar-refractivity contribution in [2.75, 3.05) is 49.9 Å². The number of hydrogen-bond acceptors (Lipinski definition) is 5. The van der Waals surface area contributed by atoms with Gasteiger partial charge in [0.2, 0.25) is 0 Å². The number of nitrogens with zero attached hydrogens (tertiary/aromatic N) is 4. The SMILES string of the molecule is CCNC(=NCCS(=O)(=O)c1ccccc1)N1CCN(c2ccccn2)CC1. The van der Waals surface area contributed by atoms with Crippen molar-refractivity contribution in [3.8, 4) is 0 Å². The summed E-state index contributed by atoms with van der Waals surface area (Å²) in [5.41, 5.74) is 0. The second-order valence-corrected chi connectivity index (χ2v) is 8.64. The number of piperazine rings is 1. The van der Waals surface area contributed by atoms with Crippen LogP contribution in [0.15, 0.2) is 64.6 Å². The Labute approximate surface area is 167 Å². The lowest BCUT2D eigenvalue weighted by Gasteiger charge is -2.37. The van der Waals surface area contributed by atoms with E-state index in [4.69, 9.17) is 0 Å². The van der Waals surface area contributed by atoms with Gasteiger partial charge in [-0.15, -0.1) is 0 Å². The summed E-state index contributed by atoms with van der Waals surface area (Å²) in [4.78, 5) is 13.7. The van der Waals surface area contributed by atoms with E-state index < -0.39 is 9.84 Å². The molecule has 3 rings (SSSR count). The molecule has 1 aliphatic rings. The molecule has 1 saturated heterocycles. The molecule has 1 aliphatic heterocycles. The van der Waals surface area contributed by atoms with Crippen molar-refractivity contribution in [3.05, 3.63) is 54.7 Å². The fourth-order valence-electron chi connectivity index (χ4n) is 3.13. The van der Waals surface area contributed by atoms with Gasteiger partial charge in [0.25, 0.3) is 0 Å². The first-order chi connectivity index (χ1) is 13.6. The molecule has 0 radical (unpaired) electrons. The first kappa shape index (κ1) is 20.1. The van der Waals surface area contributed by atoms with Crippen LogP contribution in [0.5, 0.6) is 0 Å². The molecule has 0 bridgehead atoms. The van der Waals surface area contributed by atoms with Crippen LogP contribution in [0.4, 0.5) is 5.82 Å². The summed E-state index contributed by atoms with van der Waals surface area (Å²) in [6.45, 7) is 6.32. The molecule has 0 atom stereocenters. The maximum atomic E-state index is 12.4. The highest BCUT2D eigenvalue weighted by Crippen LogP contribution is 2.13. The number of aliphatic imine (C=N–C) groups is 1. The maximum absolute atomic E-state index is 12.4. The van der Waals surface area contributed by atoms with E-state index in [0.717, 1.165) is 44.5 Å². The van der Waals surface area contributed by atoms with E-state index in [1.807, 2.05) is 31.2 Å². The van der Waals surface area contributed by atoms with E-state index in [1.54, 1.807) is 30.5 Å². The Morgan fingerprint density at radius 2 is 1.79 bits per heavy atom. The van der Waals surface area contributed by atoms with Gasteiger partial charge in [0.1, 0.15) is 5.82 Å². The first-order valence-corrected chi connectivity index (χ1v) is 11.2. The zero-order valence-electron chi connectivity index (χ0n) is 16.2. The van der Waals surface area contributed by atoms with Crippen LogP contribution < -0.4 is 10.2 Å². The molecule has 28 heavy (non-hydrogen) atoms. The summed E-state index contributed by atoms with van der Waals surface area (Å²) in [7, 11) is -3.32. The Kier molecular flexibility index (Phi) is 6.86. The van der Waals surface area contributed by atoms with Gasteiger partial charge in [-0.2, -0.15) is 0 Å². The van der Waals surface area contributed by atoms with E-state index in [9.17, 15) is 8.42 Å². The highest BCUT2D eigenvalue weighted by molar-refractivity contribution is 7.91. The minimum Gasteiger partial charge on any atom is -0.357 e. The molecule has 150 valence electrons. The van der Waals surface area contributed by atoms with Gasteiger partial charge in [0.05, 0.1) is 17.2 Å². The van der Waals surface area contributed by atoms with Crippen LogP contribution in [0.3, 0.4) is 0 Å². The second-order valence-electron chi connectivity index (χ2n) is 6.53. The number of nitrogens with one attached hydrogen (secondary N) is 1. The maximum Gasteiger partial charge on any atom is 0.194 e. The number of sulfone groups is 1. The summed E-state index contributed by atoms with van der Waals surface area (Å²) in [6, 6.07) is 14.5. The van der Waals surface area contributed by atoms with Crippen LogP contribution in [0.25, 0.3) is 0 Å². The van der Waals surface area contributed by atoms with E-state index in [0.29, 0.717) is 4.90 Å². The Morgan fingerprint density at radius 3 is 2.43 bits per heavy atom. The van der Waals surface area contributed by atoms with Crippen molar-refractivity contribution in [1.82, 2.24) is 15.2 Å². The van der Waals surface area contributed by atoms with Crippen LogP contribution >= 0.6 is 0 Å². The third kappa shape index (κ3) is 5.22. The van der Waals surface area contributed by atoms with E-state index in [-0.39, 0.29) is 12.3 Å². The molecule has 2 heterocycles. The molecule has 1 aromatic heterocycles. The molecule has 0 unspecified atom stereocenters. The van der Waals surface area contributed by atoms with Gasteiger partial charge in [-0.25, -0.2) is 13.4 Å². The average Bonchev–Trinajstić information content (AvgIpc) is 2.74. The molecular weight excluding hydrogens is 374 g/mol. The zero-order chi connectivity index (χ0) is 19.8. The zero-order valence-corrected chi connectivity index (χ0v) is 17.0. The van der Waals surface area contributed by atoms with E-state index in [2.05, 4.69) is 25.1 Å². The van der Waals surface area contributed by atoms with Gasteiger partial charge in [0, 0.05) is 38.9 Å². The molecule has 1 aromatic carbocycles. The number of aromatic nitrogens is 1. The predicted molar refractivity (Wildman–Crippen MR) is 112 cm³/mol. The lowest BCUT2D eigenvalue weighted by Crippen LogP contribution is -2.52. The fraction of sp³-hybridized carbons (Fsp3) is 0.400. The van der Waals surface area contributed by atoms with Crippen molar-refractivity contribution in [2.24, 2.45) is 4.99 Å². The number of rotatable bonds is 6. The largest absolute Gasteiger partial charge is 0.357 e. The number of pyridine rings is 1. The van der Waals surface area contributed by atoms with Crippen molar-refractivity contribution in [1.29, 1.82) is 0 Å². The van der Waals surface area contributed by atoms with Crippen molar-refractivity contribution in [3.63, 3.8) is 0 Å². The summed E-state index contributed by atoms with van der Waals surface area (Å²) in [5.74, 6) is 1.75. The Morgan fingerprint density at radius 1 is 1.07 bits per heavy atom. The van der Waals surface area contributed by atoms with Crippen LogP contribution in [0.1, 0.15) is 6.92 Å².